The van der Waals surface area contributed by atoms with E-state index >= 15 is 0 Å². The largest absolute Gasteiger partial charge is 0.497 e. The fourth-order valence-electron chi connectivity index (χ4n) is 2.09. The quantitative estimate of drug-likeness (QED) is 0.799. The highest BCUT2D eigenvalue weighted by Gasteiger charge is 2.27. The fraction of sp³-hybridized carbons (Fsp3) is 0.538. The predicted octanol–water partition coefficient (Wildman–Crippen LogP) is 3.32. The van der Waals surface area contributed by atoms with Gasteiger partial charge in [-0.3, -0.25) is 0 Å². The summed E-state index contributed by atoms with van der Waals surface area (Å²) < 4.78 is 16.3. The van der Waals surface area contributed by atoms with E-state index in [2.05, 4.69) is 15.9 Å². The van der Waals surface area contributed by atoms with E-state index in [9.17, 15) is 0 Å². The molecule has 3 nitrogen and oxygen atoms in total. The van der Waals surface area contributed by atoms with Gasteiger partial charge in [0.1, 0.15) is 11.5 Å². The molecular formula is C13H17BrO3. The van der Waals surface area contributed by atoms with Gasteiger partial charge in [-0.1, -0.05) is 15.9 Å². The van der Waals surface area contributed by atoms with Crippen LogP contribution in [0.15, 0.2) is 18.2 Å². The van der Waals surface area contributed by atoms with Crippen LogP contribution in [0.5, 0.6) is 11.5 Å². The second-order valence-electron chi connectivity index (χ2n) is 4.06. The zero-order chi connectivity index (χ0) is 12.3. The van der Waals surface area contributed by atoms with Gasteiger partial charge in [-0.25, -0.2) is 0 Å². The molecule has 0 spiro atoms. The Morgan fingerprint density at radius 1 is 1.35 bits per heavy atom. The lowest BCUT2D eigenvalue weighted by Gasteiger charge is -2.20. The highest BCUT2D eigenvalue weighted by atomic mass is 79.9. The van der Waals surface area contributed by atoms with Crippen molar-refractivity contribution in [3.8, 4) is 11.5 Å². The van der Waals surface area contributed by atoms with Gasteiger partial charge in [0.05, 0.1) is 25.2 Å². The van der Waals surface area contributed by atoms with E-state index in [0.717, 1.165) is 36.5 Å². The van der Waals surface area contributed by atoms with E-state index in [1.165, 1.54) is 0 Å². The SMILES string of the molecule is COc1ccc(OC)c(C(Br)C2CCCO2)c1. The summed E-state index contributed by atoms with van der Waals surface area (Å²) in [7, 11) is 3.35. The molecule has 0 N–H and O–H groups in total. The highest BCUT2D eigenvalue weighted by Crippen LogP contribution is 2.40. The summed E-state index contributed by atoms with van der Waals surface area (Å²) >= 11 is 3.71. The molecule has 17 heavy (non-hydrogen) atoms. The third-order valence-electron chi connectivity index (χ3n) is 3.03. The van der Waals surface area contributed by atoms with Gasteiger partial charge in [-0.05, 0) is 31.0 Å². The van der Waals surface area contributed by atoms with Gasteiger partial charge in [0.2, 0.25) is 0 Å². The molecule has 1 fully saturated rings. The Labute approximate surface area is 110 Å². The molecule has 1 aromatic carbocycles. The molecule has 2 atom stereocenters. The monoisotopic (exact) mass is 300 g/mol. The average molecular weight is 301 g/mol. The van der Waals surface area contributed by atoms with Crippen molar-refractivity contribution in [1.29, 1.82) is 0 Å². The first-order valence-electron chi connectivity index (χ1n) is 5.74. The van der Waals surface area contributed by atoms with Crippen molar-refractivity contribution in [2.75, 3.05) is 20.8 Å². The third kappa shape index (κ3) is 2.75. The van der Waals surface area contributed by atoms with E-state index < -0.39 is 0 Å². The van der Waals surface area contributed by atoms with Crippen LogP contribution in [0.2, 0.25) is 0 Å². The first kappa shape index (κ1) is 12.7. The Bertz CT molecular complexity index is 375. The van der Waals surface area contributed by atoms with Gasteiger partial charge in [0.25, 0.3) is 0 Å². The number of halogens is 1. The lowest BCUT2D eigenvalue weighted by molar-refractivity contribution is 0.110. The number of alkyl halides is 1. The molecular weight excluding hydrogens is 284 g/mol. The molecule has 1 heterocycles. The summed E-state index contributed by atoms with van der Waals surface area (Å²) in [6.07, 6.45) is 2.42. The third-order valence-corrected chi connectivity index (χ3v) is 4.11. The maximum absolute atomic E-state index is 5.70. The normalized spacial score (nSPS) is 21.2. The van der Waals surface area contributed by atoms with Crippen molar-refractivity contribution in [3.63, 3.8) is 0 Å². The van der Waals surface area contributed by atoms with Gasteiger partial charge in [0.15, 0.2) is 0 Å². The lowest BCUT2D eigenvalue weighted by atomic mass is 10.0. The van der Waals surface area contributed by atoms with Crippen molar-refractivity contribution in [2.24, 2.45) is 0 Å². The van der Waals surface area contributed by atoms with Gasteiger partial charge < -0.3 is 14.2 Å². The Morgan fingerprint density at radius 3 is 2.76 bits per heavy atom. The van der Waals surface area contributed by atoms with Gasteiger partial charge in [0, 0.05) is 12.2 Å². The molecule has 0 aromatic heterocycles. The summed E-state index contributed by atoms with van der Waals surface area (Å²) in [6, 6.07) is 5.83. The molecule has 0 amide bonds. The van der Waals surface area contributed by atoms with Gasteiger partial charge >= 0.3 is 0 Å². The molecule has 2 rings (SSSR count). The van der Waals surface area contributed by atoms with Crippen LogP contribution in [0.1, 0.15) is 23.2 Å². The van der Waals surface area contributed by atoms with Crippen LogP contribution in [-0.2, 0) is 4.74 Å². The molecule has 1 saturated heterocycles. The standard InChI is InChI=1S/C13H17BrO3/c1-15-9-5-6-11(16-2)10(8-9)13(14)12-4-3-7-17-12/h5-6,8,12-13H,3-4,7H2,1-2H3. The van der Waals surface area contributed by atoms with Crippen molar-refractivity contribution in [2.45, 2.75) is 23.8 Å². The number of hydrogen-bond donors (Lipinski definition) is 0. The lowest BCUT2D eigenvalue weighted by Crippen LogP contribution is -2.13. The maximum atomic E-state index is 5.70. The topological polar surface area (TPSA) is 27.7 Å². The van der Waals surface area contributed by atoms with Crippen molar-refractivity contribution < 1.29 is 14.2 Å². The minimum atomic E-state index is 0.148. The molecule has 1 aromatic rings. The van der Waals surface area contributed by atoms with Gasteiger partial charge in [-0.15, -0.1) is 0 Å². The minimum absolute atomic E-state index is 0.148. The van der Waals surface area contributed by atoms with Gasteiger partial charge in [-0.2, -0.15) is 0 Å². The molecule has 4 heteroatoms. The second-order valence-corrected chi connectivity index (χ2v) is 5.05. The zero-order valence-corrected chi connectivity index (χ0v) is 11.7. The molecule has 2 unspecified atom stereocenters. The summed E-state index contributed by atoms with van der Waals surface area (Å²) in [6.45, 7) is 0.846. The Hall–Kier alpha value is -0.740. The highest BCUT2D eigenvalue weighted by molar-refractivity contribution is 9.09. The van der Waals surface area contributed by atoms with Crippen LogP contribution >= 0.6 is 15.9 Å². The first-order valence-corrected chi connectivity index (χ1v) is 6.65. The molecule has 94 valence electrons. The smallest absolute Gasteiger partial charge is 0.123 e. The number of benzene rings is 1. The van der Waals surface area contributed by atoms with Crippen LogP contribution in [0.25, 0.3) is 0 Å². The molecule has 0 bridgehead atoms. The molecule has 0 aliphatic carbocycles. The Morgan fingerprint density at radius 2 is 2.18 bits per heavy atom. The fourth-order valence-corrected chi connectivity index (χ4v) is 2.86. The molecule has 1 aliphatic rings. The number of hydrogen-bond acceptors (Lipinski definition) is 3. The average Bonchev–Trinajstić information content (AvgIpc) is 2.91. The Kier molecular flexibility index (Phi) is 4.29. The number of ether oxygens (including phenoxy) is 3. The van der Waals surface area contributed by atoms with Crippen LogP contribution in [0.4, 0.5) is 0 Å². The van der Waals surface area contributed by atoms with Crippen molar-refractivity contribution >= 4 is 15.9 Å². The van der Waals surface area contributed by atoms with E-state index in [1.807, 2.05) is 18.2 Å². The maximum Gasteiger partial charge on any atom is 0.123 e. The summed E-state index contributed by atoms with van der Waals surface area (Å²) in [5.74, 6) is 1.70. The predicted molar refractivity (Wildman–Crippen MR) is 70.2 cm³/mol. The molecule has 1 aliphatic heterocycles. The summed E-state index contributed by atoms with van der Waals surface area (Å²) in [5.41, 5.74) is 1.08. The van der Waals surface area contributed by atoms with E-state index in [0.29, 0.717) is 0 Å². The van der Waals surface area contributed by atoms with Crippen LogP contribution < -0.4 is 9.47 Å². The van der Waals surface area contributed by atoms with E-state index in [-0.39, 0.29) is 10.9 Å². The van der Waals surface area contributed by atoms with Crippen molar-refractivity contribution in [3.05, 3.63) is 23.8 Å². The minimum Gasteiger partial charge on any atom is -0.497 e. The van der Waals surface area contributed by atoms with Crippen LogP contribution in [0.3, 0.4) is 0 Å². The van der Waals surface area contributed by atoms with Crippen LogP contribution in [0, 0.1) is 0 Å². The van der Waals surface area contributed by atoms with E-state index in [1.54, 1.807) is 14.2 Å². The van der Waals surface area contributed by atoms with Crippen molar-refractivity contribution in [1.82, 2.24) is 0 Å². The first-order chi connectivity index (χ1) is 8.26. The number of rotatable bonds is 4. The Balaban J connectivity index is 2.27. The zero-order valence-electron chi connectivity index (χ0n) is 10.1. The summed E-state index contributed by atoms with van der Waals surface area (Å²) in [5, 5.41) is 0. The molecule has 0 radical (unpaired) electrons. The van der Waals surface area contributed by atoms with Crippen LogP contribution in [-0.4, -0.2) is 26.9 Å². The second kappa shape index (κ2) is 5.74. The number of methoxy groups -OCH3 is 2. The van der Waals surface area contributed by atoms with E-state index in [4.69, 9.17) is 14.2 Å². The summed E-state index contributed by atoms with van der Waals surface area (Å²) in [4.78, 5) is 0.148. The molecule has 0 saturated carbocycles.